The molecule has 25 heavy (non-hydrogen) atoms. The van der Waals surface area contributed by atoms with E-state index in [9.17, 15) is 4.79 Å². The quantitative estimate of drug-likeness (QED) is 0.714. The summed E-state index contributed by atoms with van der Waals surface area (Å²) in [5.74, 6) is 1.15. The van der Waals surface area contributed by atoms with Gasteiger partial charge >= 0.3 is 0 Å². The van der Waals surface area contributed by atoms with Crippen molar-refractivity contribution in [2.24, 2.45) is 5.41 Å². The molecule has 136 valence electrons. The van der Waals surface area contributed by atoms with Crippen LogP contribution in [0.4, 0.5) is 0 Å². The van der Waals surface area contributed by atoms with Crippen molar-refractivity contribution >= 4 is 5.78 Å². The van der Waals surface area contributed by atoms with Crippen LogP contribution in [0.2, 0.25) is 0 Å². The van der Waals surface area contributed by atoms with Gasteiger partial charge in [-0.05, 0) is 52.0 Å². The van der Waals surface area contributed by atoms with Gasteiger partial charge in [0.1, 0.15) is 24.6 Å². The molecule has 2 atom stereocenters. The molecule has 1 saturated heterocycles. The summed E-state index contributed by atoms with van der Waals surface area (Å²) in [4.78, 5) is 14.8. The summed E-state index contributed by atoms with van der Waals surface area (Å²) < 4.78 is 11.2. The van der Waals surface area contributed by atoms with Crippen LogP contribution in [-0.4, -0.2) is 29.8 Å². The predicted octanol–water partition coefficient (Wildman–Crippen LogP) is 4.46. The topological polar surface area (TPSA) is 38.8 Å². The number of likely N-dealkylation sites (tertiary alicyclic amines) is 1. The second-order valence-electron chi connectivity index (χ2n) is 7.32. The minimum atomic E-state index is -0.219. The smallest absolute Gasteiger partial charge is 0.156 e. The van der Waals surface area contributed by atoms with Gasteiger partial charge in [0, 0.05) is 12.0 Å². The molecule has 3 aliphatic rings. The van der Waals surface area contributed by atoms with Crippen molar-refractivity contribution in [1.82, 2.24) is 4.90 Å². The van der Waals surface area contributed by atoms with Gasteiger partial charge in [0.15, 0.2) is 5.76 Å². The van der Waals surface area contributed by atoms with E-state index < -0.39 is 0 Å². The third-order valence-electron chi connectivity index (χ3n) is 5.88. The fourth-order valence-corrected chi connectivity index (χ4v) is 4.17. The second-order valence-corrected chi connectivity index (χ2v) is 7.32. The Labute approximate surface area is 150 Å². The lowest BCUT2D eigenvalue weighted by Crippen LogP contribution is -2.51. The number of carbonyl (C=O) groups is 1. The summed E-state index contributed by atoms with van der Waals surface area (Å²) in [7, 11) is 0. The third kappa shape index (κ3) is 4.06. The molecule has 0 saturated carbocycles. The maximum absolute atomic E-state index is 12.4. The highest BCUT2D eigenvalue weighted by Gasteiger charge is 2.41. The largest absolute Gasteiger partial charge is 0.466 e. The highest BCUT2D eigenvalue weighted by molar-refractivity contribution is 5.82. The number of piperidine rings is 1. The summed E-state index contributed by atoms with van der Waals surface area (Å²) in [5, 5.41) is 0. The number of nitrogens with zero attached hydrogens (tertiary/aromatic N) is 1. The van der Waals surface area contributed by atoms with E-state index >= 15 is 0 Å². The molecule has 4 nitrogen and oxygen atoms in total. The summed E-state index contributed by atoms with van der Waals surface area (Å²) in [6.45, 7) is 5.68. The van der Waals surface area contributed by atoms with Gasteiger partial charge in [0.2, 0.25) is 0 Å². The molecule has 0 bridgehead atoms. The zero-order chi connectivity index (χ0) is 17.7. The zero-order valence-corrected chi connectivity index (χ0v) is 15.4. The molecule has 1 aliphatic carbocycles. The van der Waals surface area contributed by atoms with Crippen molar-refractivity contribution in [1.29, 1.82) is 0 Å². The van der Waals surface area contributed by atoms with Crippen LogP contribution >= 0.6 is 0 Å². The maximum atomic E-state index is 12.4. The van der Waals surface area contributed by atoms with Crippen LogP contribution in [0.3, 0.4) is 0 Å². The van der Waals surface area contributed by atoms with Crippen LogP contribution in [0.1, 0.15) is 52.4 Å². The molecular formula is C21H29NO3. The van der Waals surface area contributed by atoms with E-state index in [1.165, 1.54) is 5.57 Å². The van der Waals surface area contributed by atoms with E-state index in [0.29, 0.717) is 5.78 Å². The highest BCUT2D eigenvalue weighted by Crippen LogP contribution is 2.37. The normalized spacial score (nSPS) is 27.8. The average Bonchev–Trinajstić information content (AvgIpc) is 2.67. The first kappa shape index (κ1) is 18.0. The number of ether oxygens (including phenoxy) is 2. The van der Waals surface area contributed by atoms with Gasteiger partial charge in [-0.1, -0.05) is 30.7 Å². The molecule has 0 aromatic heterocycles. The van der Waals surface area contributed by atoms with Crippen LogP contribution in [-0.2, 0) is 14.3 Å². The highest BCUT2D eigenvalue weighted by atomic mass is 16.5. The number of hydrogen-bond acceptors (Lipinski definition) is 4. The monoisotopic (exact) mass is 343 g/mol. The summed E-state index contributed by atoms with van der Waals surface area (Å²) in [6.07, 6.45) is 17.5. The Balaban J connectivity index is 1.82. The van der Waals surface area contributed by atoms with Gasteiger partial charge in [0.25, 0.3) is 0 Å². The van der Waals surface area contributed by atoms with E-state index in [0.717, 1.165) is 57.4 Å². The van der Waals surface area contributed by atoms with Crippen LogP contribution in [0, 0.1) is 5.41 Å². The number of hydrogen-bond donors (Lipinski definition) is 0. The number of ketones is 1. The Hall–Kier alpha value is -1.81. The van der Waals surface area contributed by atoms with Gasteiger partial charge < -0.3 is 9.47 Å². The van der Waals surface area contributed by atoms with Gasteiger partial charge in [-0.3, -0.25) is 9.69 Å². The minimum Gasteiger partial charge on any atom is -0.466 e. The van der Waals surface area contributed by atoms with Gasteiger partial charge in [-0.15, -0.1) is 0 Å². The summed E-state index contributed by atoms with van der Waals surface area (Å²) in [5.41, 5.74) is 1.21. The Bertz CT molecular complexity index is 617. The van der Waals surface area contributed by atoms with Crippen molar-refractivity contribution in [2.75, 3.05) is 13.1 Å². The molecule has 2 unspecified atom stereocenters. The zero-order valence-electron chi connectivity index (χ0n) is 15.4. The first-order valence-electron chi connectivity index (χ1n) is 9.41. The molecule has 2 aliphatic heterocycles. The fraction of sp³-hybridized carbons (Fsp3) is 0.571. The fourth-order valence-electron chi connectivity index (χ4n) is 4.17. The number of Topliss-reactive ketones (excluding diaryl/α,β-unsaturated/α-hetero) is 1. The molecule has 0 radical (unpaired) electrons. The second kappa shape index (κ2) is 8.05. The van der Waals surface area contributed by atoms with E-state index in [2.05, 4.69) is 30.1 Å². The van der Waals surface area contributed by atoms with Crippen LogP contribution in [0.15, 0.2) is 48.3 Å². The van der Waals surface area contributed by atoms with Gasteiger partial charge in [-0.2, -0.15) is 0 Å². The van der Waals surface area contributed by atoms with Crippen molar-refractivity contribution in [2.45, 2.75) is 58.4 Å². The molecule has 0 aromatic carbocycles. The van der Waals surface area contributed by atoms with E-state index in [1.54, 1.807) is 25.7 Å². The van der Waals surface area contributed by atoms with Gasteiger partial charge in [0.05, 0.1) is 6.04 Å². The molecule has 4 heteroatoms. The van der Waals surface area contributed by atoms with Crippen LogP contribution in [0.25, 0.3) is 0 Å². The van der Waals surface area contributed by atoms with Crippen molar-refractivity contribution in [3.05, 3.63) is 48.3 Å². The molecule has 0 N–H and O–H groups in total. The standard InChI is InChI=1S/C21H29NO3/c1-3-21(17(2)23)10-7-11-22(16-21)19(20-15-24-12-13-25-20)14-18-8-5-4-6-9-18/h4-5,8,12-13,15,19H,3,6-7,9-11,14,16H2,1-2H3. The average molecular weight is 343 g/mol. The Kier molecular flexibility index (Phi) is 5.79. The SMILES string of the molecule is CCC1(C(C)=O)CCCN(C(CC2=CC=CCC2)C2=COC=CO2)C1. The lowest BCUT2D eigenvalue weighted by molar-refractivity contribution is -0.130. The summed E-state index contributed by atoms with van der Waals surface area (Å²) >= 11 is 0. The maximum Gasteiger partial charge on any atom is 0.156 e. The molecule has 2 heterocycles. The van der Waals surface area contributed by atoms with Crippen molar-refractivity contribution < 1.29 is 14.3 Å². The number of allylic oxidation sites excluding steroid dienone is 3. The lowest BCUT2D eigenvalue weighted by Gasteiger charge is -2.44. The third-order valence-corrected chi connectivity index (χ3v) is 5.88. The molecule has 0 amide bonds. The van der Waals surface area contributed by atoms with Crippen molar-refractivity contribution in [3.8, 4) is 0 Å². The van der Waals surface area contributed by atoms with Crippen LogP contribution in [0.5, 0.6) is 0 Å². The number of rotatable bonds is 6. The predicted molar refractivity (Wildman–Crippen MR) is 98.5 cm³/mol. The Morgan fingerprint density at radius 1 is 1.40 bits per heavy atom. The summed E-state index contributed by atoms with van der Waals surface area (Å²) in [6, 6.07) is 0.119. The van der Waals surface area contributed by atoms with Gasteiger partial charge in [-0.25, -0.2) is 0 Å². The molecule has 0 aromatic rings. The van der Waals surface area contributed by atoms with E-state index in [4.69, 9.17) is 9.47 Å². The van der Waals surface area contributed by atoms with E-state index in [-0.39, 0.29) is 11.5 Å². The molecule has 3 rings (SSSR count). The Morgan fingerprint density at radius 2 is 2.28 bits per heavy atom. The molecule has 1 fully saturated rings. The lowest BCUT2D eigenvalue weighted by atomic mass is 9.74. The van der Waals surface area contributed by atoms with E-state index in [1.807, 2.05) is 0 Å². The first-order chi connectivity index (χ1) is 12.1. The molecular weight excluding hydrogens is 314 g/mol. The first-order valence-corrected chi connectivity index (χ1v) is 9.41. The number of carbonyl (C=O) groups excluding carboxylic acids is 1. The Morgan fingerprint density at radius 3 is 2.92 bits per heavy atom. The molecule has 0 spiro atoms. The minimum absolute atomic E-state index is 0.119. The van der Waals surface area contributed by atoms with Crippen molar-refractivity contribution in [3.63, 3.8) is 0 Å². The van der Waals surface area contributed by atoms with Crippen LogP contribution < -0.4 is 0 Å².